The standard InChI is InChI=1S/C48H91NO11S/c1-3-5-7-9-11-13-15-16-17-18-19-20-21-22-23-24-25-26-27-28-30-32-34-36-38-44(52)49-41(42(51)37-35-33-31-29-14-12-10-8-6-4-2)40-58-48-46(54)47(60-61(55,56)57)45(53)43(39-50)59-48/h22-23,35,37,41-43,45-48,50-51,53-54H,3-21,24-34,36,38-40H2,1-2H3,(H,49,52)(H,55,56,57)/b23-22-,37-35+. The summed E-state index contributed by atoms with van der Waals surface area (Å²) in [5, 5.41) is 44.6. The molecule has 1 aliphatic rings. The lowest BCUT2D eigenvalue weighted by atomic mass is 9.99. The summed E-state index contributed by atoms with van der Waals surface area (Å²) in [5.74, 6) is -0.266. The molecule has 7 unspecified atom stereocenters. The molecule has 61 heavy (non-hydrogen) atoms. The molecule has 7 atom stereocenters. The average molecular weight is 890 g/mol. The number of allylic oxidation sites excluding steroid dienone is 3. The smallest absolute Gasteiger partial charge is 0.394 e. The molecule has 12 nitrogen and oxygen atoms in total. The van der Waals surface area contributed by atoms with E-state index >= 15 is 0 Å². The predicted molar refractivity (Wildman–Crippen MR) is 245 cm³/mol. The van der Waals surface area contributed by atoms with E-state index in [0.717, 1.165) is 44.9 Å². The molecule has 0 aliphatic carbocycles. The second-order valence-electron chi connectivity index (χ2n) is 17.4. The Bertz CT molecular complexity index is 1190. The molecule has 0 spiro atoms. The summed E-state index contributed by atoms with van der Waals surface area (Å²) in [6.45, 7) is 3.37. The number of hydrogen-bond donors (Lipinski definition) is 6. The fourth-order valence-corrected chi connectivity index (χ4v) is 8.37. The highest BCUT2D eigenvalue weighted by Crippen LogP contribution is 2.26. The number of hydrogen-bond acceptors (Lipinski definition) is 10. The van der Waals surface area contributed by atoms with Crippen molar-refractivity contribution in [2.75, 3.05) is 13.2 Å². The Morgan fingerprint density at radius 2 is 1.05 bits per heavy atom. The molecule has 0 aromatic heterocycles. The van der Waals surface area contributed by atoms with Crippen LogP contribution in [0.3, 0.4) is 0 Å². The molecule has 1 rings (SSSR count). The van der Waals surface area contributed by atoms with Crippen LogP contribution >= 0.6 is 0 Å². The van der Waals surface area contributed by atoms with Gasteiger partial charge in [0.2, 0.25) is 5.91 Å². The van der Waals surface area contributed by atoms with E-state index in [2.05, 4.69) is 35.5 Å². The molecule has 1 amide bonds. The first-order chi connectivity index (χ1) is 29.5. The Hall–Kier alpha value is -1.42. The van der Waals surface area contributed by atoms with Crippen molar-refractivity contribution in [3.8, 4) is 0 Å². The number of aliphatic hydroxyl groups excluding tert-OH is 4. The molecule has 13 heteroatoms. The van der Waals surface area contributed by atoms with Gasteiger partial charge in [-0.15, -0.1) is 0 Å². The molecule has 0 radical (unpaired) electrons. The van der Waals surface area contributed by atoms with E-state index < -0.39 is 59.9 Å². The van der Waals surface area contributed by atoms with Gasteiger partial charge in [-0.05, 0) is 44.9 Å². The summed E-state index contributed by atoms with van der Waals surface area (Å²) in [6.07, 6.45) is 36.7. The molecule has 360 valence electrons. The van der Waals surface area contributed by atoms with Gasteiger partial charge in [0, 0.05) is 6.42 Å². The summed E-state index contributed by atoms with van der Waals surface area (Å²) in [5.41, 5.74) is 0. The molecule has 0 saturated carbocycles. The van der Waals surface area contributed by atoms with E-state index in [1.54, 1.807) is 6.08 Å². The summed E-state index contributed by atoms with van der Waals surface area (Å²) in [7, 11) is -5.08. The normalized spacial score (nSPS) is 20.8. The van der Waals surface area contributed by atoms with E-state index in [-0.39, 0.29) is 18.9 Å². The summed E-state index contributed by atoms with van der Waals surface area (Å²) in [4.78, 5) is 13.0. The van der Waals surface area contributed by atoms with Crippen molar-refractivity contribution in [2.45, 2.75) is 262 Å². The van der Waals surface area contributed by atoms with Gasteiger partial charge in [0.1, 0.15) is 24.4 Å². The molecule has 6 N–H and O–H groups in total. The Morgan fingerprint density at radius 1 is 0.639 bits per heavy atom. The van der Waals surface area contributed by atoms with E-state index in [1.165, 1.54) is 148 Å². The number of nitrogens with one attached hydrogen (secondary N) is 1. The molecular weight excluding hydrogens is 799 g/mol. The maximum atomic E-state index is 13.0. The molecule has 1 fully saturated rings. The lowest BCUT2D eigenvalue weighted by molar-refractivity contribution is -0.298. The number of ether oxygens (including phenoxy) is 2. The maximum absolute atomic E-state index is 13.0. The van der Waals surface area contributed by atoms with Gasteiger partial charge in [-0.3, -0.25) is 9.35 Å². The highest BCUT2D eigenvalue weighted by atomic mass is 32.3. The summed E-state index contributed by atoms with van der Waals surface area (Å²) >= 11 is 0. The minimum Gasteiger partial charge on any atom is -0.394 e. The fourth-order valence-electron chi connectivity index (χ4n) is 7.86. The van der Waals surface area contributed by atoms with E-state index in [0.29, 0.717) is 6.42 Å². The van der Waals surface area contributed by atoms with Crippen molar-refractivity contribution in [3.05, 3.63) is 24.3 Å². The Kier molecular flexibility index (Phi) is 36.8. The maximum Gasteiger partial charge on any atom is 0.397 e. The van der Waals surface area contributed by atoms with Crippen molar-refractivity contribution in [1.29, 1.82) is 0 Å². The lowest BCUT2D eigenvalue weighted by Gasteiger charge is -2.41. The van der Waals surface area contributed by atoms with Crippen LogP contribution in [-0.2, 0) is 28.9 Å². The van der Waals surface area contributed by atoms with Gasteiger partial charge in [-0.2, -0.15) is 8.42 Å². The number of aliphatic hydroxyl groups is 4. The first kappa shape index (κ1) is 57.6. The largest absolute Gasteiger partial charge is 0.397 e. The van der Waals surface area contributed by atoms with Crippen LogP contribution in [0.15, 0.2) is 24.3 Å². The van der Waals surface area contributed by atoms with Gasteiger partial charge in [0.05, 0.1) is 25.4 Å². The quantitative estimate of drug-likeness (QED) is 0.0194. The van der Waals surface area contributed by atoms with E-state index in [9.17, 15) is 38.2 Å². The summed E-state index contributed by atoms with van der Waals surface area (Å²) in [6, 6.07) is -0.942. The van der Waals surface area contributed by atoms with Gasteiger partial charge >= 0.3 is 10.4 Å². The number of carbonyl (C=O) groups excluding carboxylic acids is 1. The Balaban J connectivity index is 2.37. The van der Waals surface area contributed by atoms with Gasteiger partial charge in [-0.1, -0.05) is 192 Å². The van der Waals surface area contributed by atoms with Crippen LogP contribution in [0.2, 0.25) is 0 Å². The third-order valence-electron chi connectivity index (χ3n) is 11.7. The van der Waals surface area contributed by atoms with Crippen molar-refractivity contribution < 1.29 is 51.8 Å². The second kappa shape index (κ2) is 39.0. The highest BCUT2D eigenvalue weighted by Gasteiger charge is 2.48. The van der Waals surface area contributed by atoms with E-state index in [4.69, 9.17) is 9.47 Å². The van der Waals surface area contributed by atoms with Crippen molar-refractivity contribution in [1.82, 2.24) is 5.32 Å². The summed E-state index contributed by atoms with van der Waals surface area (Å²) < 4.78 is 47.5. The van der Waals surface area contributed by atoms with Crippen LogP contribution in [0, 0.1) is 0 Å². The molecule has 0 bridgehead atoms. The minimum atomic E-state index is -5.08. The Morgan fingerprint density at radius 3 is 1.48 bits per heavy atom. The third kappa shape index (κ3) is 32.0. The van der Waals surface area contributed by atoms with Gasteiger partial charge in [-0.25, -0.2) is 4.18 Å². The lowest BCUT2D eigenvalue weighted by Crippen LogP contribution is -2.61. The monoisotopic (exact) mass is 890 g/mol. The third-order valence-corrected chi connectivity index (χ3v) is 12.2. The van der Waals surface area contributed by atoms with Gasteiger partial charge in [0.25, 0.3) is 0 Å². The number of amides is 1. The SMILES string of the molecule is CCCCCCCCCC/C=C/C(O)C(COC1OC(CO)C(O)C(OS(=O)(=O)O)C1O)NC(=O)CCCCCCCCCC/C=C\CCCCCCCCCCCCCC. The molecule has 1 heterocycles. The average Bonchev–Trinajstić information content (AvgIpc) is 3.23. The second-order valence-corrected chi connectivity index (χ2v) is 18.4. The zero-order valence-electron chi connectivity index (χ0n) is 38.5. The van der Waals surface area contributed by atoms with Crippen LogP contribution in [-0.4, -0.2) is 95.4 Å². The van der Waals surface area contributed by atoms with Crippen LogP contribution < -0.4 is 5.32 Å². The predicted octanol–water partition coefficient (Wildman–Crippen LogP) is 10.1. The Labute approximate surface area is 372 Å². The zero-order chi connectivity index (χ0) is 44.8. The molecule has 0 aromatic carbocycles. The van der Waals surface area contributed by atoms with Crippen LogP contribution in [0.25, 0.3) is 0 Å². The highest BCUT2D eigenvalue weighted by molar-refractivity contribution is 7.80. The fraction of sp³-hybridized carbons (Fsp3) is 0.896. The van der Waals surface area contributed by atoms with Crippen molar-refractivity contribution >= 4 is 16.3 Å². The topological polar surface area (TPSA) is 192 Å². The first-order valence-corrected chi connectivity index (χ1v) is 26.1. The molecule has 1 saturated heterocycles. The van der Waals surface area contributed by atoms with Crippen molar-refractivity contribution in [2.24, 2.45) is 0 Å². The van der Waals surface area contributed by atoms with Crippen LogP contribution in [0.1, 0.15) is 219 Å². The number of rotatable bonds is 42. The molecular formula is C48H91NO11S. The number of carbonyl (C=O) groups is 1. The van der Waals surface area contributed by atoms with E-state index in [1.807, 2.05) is 6.08 Å². The van der Waals surface area contributed by atoms with Gasteiger partial charge in [0.15, 0.2) is 6.29 Å². The van der Waals surface area contributed by atoms with Crippen molar-refractivity contribution in [3.63, 3.8) is 0 Å². The number of unbranched alkanes of at least 4 members (excludes halogenated alkanes) is 28. The minimum absolute atomic E-state index is 0.266. The molecule has 1 aliphatic heterocycles. The van der Waals surface area contributed by atoms with Crippen LogP contribution in [0.5, 0.6) is 0 Å². The zero-order valence-corrected chi connectivity index (χ0v) is 39.3. The molecule has 0 aromatic rings. The van der Waals surface area contributed by atoms with Gasteiger partial charge < -0.3 is 35.2 Å². The first-order valence-electron chi connectivity index (χ1n) is 24.7. The van der Waals surface area contributed by atoms with Crippen LogP contribution in [0.4, 0.5) is 0 Å².